The van der Waals surface area contributed by atoms with Crippen molar-refractivity contribution in [2.75, 3.05) is 0 Å². The predicted molar refractivity (Wildman–Crippen MR) is 84.8 cm³/mol. The number of thiazole rings is 1. The Hall–Kier alpha value is -2.14. The number of aromatic nitrogens is 2. The van der Waals surface area contributed by atoms with E-state index in [0.29, 0.717) is 17.2 Å². The number of halogens is 2. The van der Waals surface area contributed by atoms with Gasteiger partial charge in [-0.05, 0) is 35.7 Å². The Labute approximate surface area is 131 Å². The number of nitrogens with zero attached hydrogens (tertiary/aromatic N) is 2. The topological polar surface area (TPSA) is 25.8 Å². The maximum Gasteiger partial charge on any atom is 0.159 e. The summed E-state index contributed by atoms with van der Waals surface area (Å²) in [5, 5.41) is 2.68. The van der Waals surface area contributed by atoms with E-state index in [4.69, 9.17) is 0 Å². The first-order chi connectivity index (χ1) is 10.6. The fourth-order valence-corrected chi connectivity index (χ4v) is 3.13. The minimum Gasteiger partial charge on any atom is -0.264 e. The first-order valence-corrected chi connectivity index (χ1v) is 7.79. The lowest BCUT2D eigenvalue weighted by atomic mass is 10.00. The molecule has 0 atom stereocenters. The van der Waals surface area contributed by atoms with Crippen LogP contribution in [0.15, 0.2) is 42.0 Å². The molecule has 5 heteroatoms. The van der Waals surface area contributed by atoms with Crippen LogP contribution in [-0.4, -0.2) is 9.97 Å². The highest BCUT2D eigenvalue weighted by Crippen LogP contribution is 2.33. The summed E-state index contributed by atoms with van der Waals surface area (Å²) in [5.74, 6) is -1.36. The van der Waals surface area contributed by atoms with E-state index in [2.05, 4.69) is 23.8 Å². The number of hydrogen-bond donors (Lipinski definition) is 0. The quantitative estimate of drug-likeness (QED) is 0.657. The zero-order valence-electron chi connectivity index (χ0n) is 12.2. The van der Waals surface area contributed by atoms with Crippen LogP contribution in [-0.2, 0) is 0 Å². The zero-order chi connectivity index (χ0) is 15.7. The standard InChI is InChI=1S/C17H14F2N2S/c1-10(2)12-5-6-20-8-13(12)17-21-16(9-22-17)11-3-4-14(18)15(19)7-11/h3-10H,1-2H3. The van der Waals surface area contributed by atoms with Gasteiger partial charge in [0.2, 0.25) is 0 Å². The van der Waals surface area contributed by atoms with Gasteiger partial charge in [0.25, 0.3) is 0 Å². The molecule has 0 aliphatic carbocycles. The first-order valence-electron chi connectivity index (χ1n) is 6.91. The average Bonchev–Trinajstić information content (AvgIpc) is 3.00. The first kappa shape index (κ1) is 14.8. The molecule has 1 aromatic carbocycles. The highest BCUT2D eigenvalue weighted by atomic mass is 32.1. The van der Waals surface area contributed by atoms with Gasteiger partial charge in [0.05, 0.1) is 5.69 Å². The Morgan fingerprint density at radius 3 is 2.64 bits per heavy atom. The summed E-state index contributed by atoms with van der Waals surface area (Å²) < 4.78 is 26.4. The second-order valence-electron chi connectivity index (χ2n) is 5.28. The van der Waals surface area contributed by atoms with Crippen molar-refractivity contribution >= 4 is 11.3 Å². The van der Waals surface area contributed by atoms with Crippen LogP contribution in [0.25, 0.3) is 21.8 Å². The summed E-state index contributed by atoms with van der Waals surface area (Å²) in [6.45, 7) is 4.23. The minimum atomic E-state index is -0.865. The van der Waals surface area contributed by atoms with Crippen molar-refractivity contribution in [3.63, 3.8) is 0 Å². The molecule has 2 aromatic heterocycles. The zero-order valence-corrected chi connectivity index (χ0v) is 13.0. The third kappa shape index (κ3) is 2.76. The van der Waals surface area contributed by atoms with Gasteiger partial charge in [-0.15, -0.1) is 11.3 Å². The maximum absolute atomic E-state index is 13.4. The van der Waals surface area contributed by atoms with Crippen LogP contribution < -0.4 is 0 Å². The largest absolute Gasteiger partial charge is 0.264 e. The second-order valence-corrected chi connectivity index (χ2v) is 6.14. The van der Waals surface area contributed by atoms with E-state index in [1.165, 1.54) is 29.0 Å². The molecule has 3 aromatic rings. The molecule has 0 N–H and O–H groups in total. The van der Waals surface area contributed by atoms with Gasteiger partial charge in [0.1, 0.15) is 5.01 Å². The molecule has 0 bridgehead atoms. The average molecular weight is 316 g/mol. The molecule has 2 heterocycles. The van der Waals surface area contributed by atoms with Crippen LogP contribution >= 0.6 is 11.3 Å². The SMILES string of the molecule is CC(C)c1ccncc1-c1nc(-c2ccc(F)c(F)c2)cs1. The molecule has 0 fully saturated rings. The molecule has 0 aliphatic rings. The molecule has 112 valence electrons. The Morgan fingerprint density at radius 2 is 1.91 bits per heavy atom. The Morgan fingerprint density at radius 1 is 1.09 bits per heavy atom. The molecule has 0 saturated heterocycles. The van der Waals surface area contributed by atoms with Crippen molar-refractivity contribution in [1.29, 1.82) is 0 Å². The monoisotopic (exact) mass is 316 g/mol. The Balaban J connectivity index is 2.02. The van der Waals surface area contributed by atoms with E-state index in [-0.39, 0.29) is 0 Å². The van der Waals surface area contributed by atoms with E-state index in [1.54, 1.807) is 12.4 Å². The smallest absolute Gasteiger partial charge is 0.159 e. The van der Waals surface area contributed by atoms with Gasteiger partial charge >= 0.3 is 0 Å². The molecular weight excluding hydrogens is 302 g/mol. The maximum atomic E-state index is 13.4. The van der Waals surface area contributed by atoms with Crippen LogP contribution in [0.4, 0.5) is 8.78 Å². The summed E-state index contributed by atoms with van der Waals surface area (Å²) in [4.78, 5) is 8.72. The summed E-state index contributed by atoms with van der Waals surface area (Å²) >= 11 is 1.47. The number of pyridine rings is 1. The molecule has 0 aliphatic heterocycles. The molecule has 0 radical (unpaired) electrons. The van der Waals surface area contributed by atoms with Gasteiger partial charge in [-0.3, -0.25) is 4.98 Å². The third-order valence-corrected chi connectivity index (χ3v) is 4.30. The molecule has 0 unspecified atom stereocenters. The van der Waals surface area contributed by atoms with E-state index in [9.17, 15) is 8.78 Å². The van der Waals surface area contributed by atoms with Crippen LogP contribution in [0.3, 0.4) is 0 Å². The van der Waals surface area contributed by atoms with Crippen molar-refractivity contribution in [2.24, 2.45) is 0 Å². The molecule has 0 amide bonds. The normalized spacial score (nSPS) is 11.1. The second kappa shape index (κ2) is 5.93. The van der Waals surface area contributed by atoms with Crippen molar-refractivity contribution in [1.82, 2.24) is 9.97 Å². The van der Waals surface area contributed by atoms with Gasteiger partial charge in [-0.25, -0.2) is 13.8 Å². The predicted octanol–water partition coefficient (Wildman–Crippen LogP) is 5.27. The molecule has 0 spiro atoms. The van der Waals surface area contributed by atoms with E-state index in [0.717, 1.165) is 16.6 Å². The molecule has 3 rings (SSSR count). The number of rotatable bonds is 3. The summed E-state index contributed by atoms with van der Waals surface area (Å²) in [5.41, 5.74) is 3.35. The molecule has 2 nitrogen and oxygen atoms in total. The van der Waals surface area contributed by atoms with Gasteiger partial charge in [0, 0.05) is 28.9 Å². The lowest BCUT2D eigenvalue weighted by Crippen LogP contribution is -1.93. The van der Waals surface area contributed by atoms with Gasteiger partial charge in [-0.1, -0.05) is 13.8 Å². The van der Waals surface area contributed by atoms with Crippen molar-refractivity contribution in [3.8, 4) is 21.8 Å². The van der Waals surface area contributed by atoms with E-state index >= 15 is 0 Å². The van der Waals surface area contributed by atoms with Crippen molar-refractivity contribution in [3.05, 3.63) is 59.2 Å². The van der Waals surface area contributed by atoms with E-state index < -0.39 is 11.6 Å². The summed E-state index contributed by atoms with van der Waals surface area (Å²) in [6, 6.07) is 5.80. The van der Waals surface area contributed by atoms with Gasteiger partial charge in [-0.2, -0.15) is 0 Å². The van der Waals surface area contributed by atoms with Crippen LogP contribution in [0.1, 0.15) is 25.3 Å². The molecule has 22 heavy (non-hydrogen) atoms. The fraction of sp³-hybridized carbons (Fsp3) is 0.176. The van der Waals surface area contributed by atoms with Crippen molar-refractivity contribution in [2.45, 2.75) is 19.8 Å². The highest BCUT2D eigenvalue weighted by Gasteiger charge is 2.13. The Bertz CT molecular complexity index is 812. The minimum absolute atomic E-state index is 0.355. The molecule has 0 saturated carbocycles. The van der Waals surface area contributed by atoms with Crippen LogP contribution in [0, 0.1) is 11.6 Å². The lowest BCUT2D eigenvalue weighted by Gasteiger charge is -2.09. The van der Waals surface area contributed by atoms with Gasteiger partial charge in [0.15, 0.2) is 11.6 Å². The lowest BCUT2D eigenvalue weighted by molar-refractivity contribution is 0.509. The summed E-state index contributed by atoms with van der Waals surface area (Å²) in [6.07, 6.45) is 3.56. The van der Waals surface area contributed by atoms with E-state index in [1.807, 2.05) is 11.4 Å². The van der Waals surface area contributed by atoms with Gasteiger partial charge < -0.3 is 0 Å². The molecular formula is C17H14F2N2S. The summed E-state index contributed by atoms with van der Waals surface area (Å²) in [7, 11) is 0. The van der Waals surface area contributed by atoms with Crippen LogP contribution in [0.5, 0.6) is 0 Å². The Kier molecular flexibility index (Phi) is 3.98. The van der Waals surface area contributed by atoms with Crippen LogP contribution in [0.2, 0.25) is 0 Å². The third-order valence-electron chi connectivity index (χ3n) is 3.43. The van der Waals surface area contributed by atoms with Crippen molar-refractivity contribution < 1.29 is 8.78 Å². The highest BCUT2D eigenvalue weighted by molar-refractivity contribution is 7.13. The fourth-order valence-electron chi connectivity index (χ4n) is 2.27. The number of benzene rings is 1. The number of hydrogen-bond acceptors (Lipinski definition) is 3.